The molecular weight excluding hydrogens is 1650 g/mol. The van der Waals surface area contributed by atoms with Gasteiger partial charge in [0.05, 0.1) is 12.7 Å². The molecule has 2 heteroatoms. The van der Waals surface area contributed by atoms with E-state index in [1.54, 1.807) is 0 Å². The third-order valence-corrected chi connectivity index (χ3v) is 21.6. The number of fused-ring (bicyclic) bond motifs is 4. The summed E-state index contributed by atoms with van der Waals surface area (Å²) in [5.41, 5.74) is 25.0. The molecular formula is C135H180O2. The molecule has 0 saturated carbocycles. The maximum absolute atomic E-state index is 5.65. The summed E-state index contributed by atoms with van der Waals surface area (Å²) in [7, 11) is 0. The van der Waals surface area contributed by atoms with E-state index in [2.05, 4.69) is 405 Å². The van der Waals surface area contributed by atoms with Crippen molar-refractivity contribution in [2.45, 2.75) is 277 Å². The highest BCUT2D eigenvalue weighted by molar-refractivity contribution is 6.04. The quantitative estimate of drug-likeness (QED) is 0.115. The maximum atomic E-state index is 5.65. The second-order valence-electron chi connectivity index (χ2n) is 30.7. The van der Waals surface area contributed by atoms with E-state index in [0.29, 0.717) is 29.8 Å². The highest BCUT2D eigenvalue weighted by Crippen LogP contribution is 2.44. The van der Waals surface area contributed by atoms with Gasteiger partial charge in [0.2, 0.25) is 0 Å². The van der Waals surface area contributed by atoms with Crippen LogP contribution in [0.15, 0.2) is 435 Å². The number of hydrogen-bond acceptors (Lipinski definition) is 2. The Hall–Kier alpha value is -12.5. The largest absolute Gasteiger partial charge is 0.456 e. The van der Waals surface area contributed by atoms with Crippen LogP contribution < -0.4 is 0 Å². The molecule has 3 atom stereocenters. The van der Waals surface area contributed by atoms with E-state index in [9.17, 15) is 0 Å². The fraction of sp³-hybridized carbons (Fsp3) is 0.304. The molecule has 0 radical (unpaired) electrons. The van der Waals surface area contributed by atoms with Gasteiger partial charge in [-0.2, -0.15) is 0 Å². The van der Waals surface area contributed by atoms with E-state index in [4.69, 9.17) is 9.15 Å². The van der Waals surface area contributed by atoms with Crippen molar-refractivity contribution in [3.63, 3.8) is 0 Å². The minimum Gasteiger partial charge on any atom is -0.456 e. The summed E-state index contributed by atoms with van der Waals surface area (Å²) >= 11 is 0. The molecule has 0 amide bonds. The van der Waals surface area contributed by atoms with E-state index in [0.717, 1.165) is 17.8 Å². The summed E-state index contributed by atoms with van der Waals surface area (Å²) in [6.07, 6.45) is 0.315. The van der Waals surface area contributed by atoms with Crippen LogP contribution in [0.4, 0.5) is 0 Å². The molecule has 17 rings (SSSR count). The number of para-hydroxylation sites is 2. The standard InChI is InChI=1S/C22H22.C18H22.C16H18.C12H8O.C12H10.C10H14O.C10H8.C9H12.C6H6.10C2H6/c1-18(19-12-6-3-7-13-19)22(2,20-14-8-4-9-15-20)21-16-10-5-11-17-21;1-11-7-13(3)15(5)17(9-11)18-10-12(2)8-14(4)16(18)6;1-13(15-9-5-3-6-10-15)14(2)16-11-7-4-8-12-16;1-3-7-11-9(5-1)10-6-2-4-8-12(10)13-11;1-3-7-11(8-4-1)12-9-5-2-6-10-12;1-9(2)11-8-10-6-4-3-5-7-10;1-2-6-10-8-4-3-7-9(10)5-1;1-8(2)9-6-4-3-5-7-9;1-2-4-6-5-3-1;10*1-2/h3-18H,1-2H3;7-10H,1-6H3;3-14H,1-2H3;1-8H;1-10H;3-7,9H,8H2,1-2H3;1-8H;3-8H,1-2H3;1-6H;10*1-2H3. The van der Waals surface area contributed by atoms with Crippen LogP contribution in [0.2, 0.25) is 0 Å². The van der Waals surface area contributed by atoms with Crippen LogP contribution in [-0.4, -0.2) is 6.10 Å². The fourth-order valence-electron chi connectivity index (χ4n) is 14.2. The van der Waals surface area contributed by atoms with Gasteiger partial charge in [-0.05, 0) is 185 Å². The first-order valence-electron chi connectivity index (χ1n) is 51.4. The van der Waals surface area contributed by atoms with Crippen molar-refractivity contribution in [1.82, 2.24) is 0 Å². The molecule has 0 aliphatic heterocycles. The van der Waals surface area contributed by atoms with Gasteiger partial charge in [-0.25, -0.2) is 0 Å². The molecule has 137 heavy (non-hydrogen) atoms. The SMILES string of the molecule is CC.CC.CC.CC.CC.CC.CC.CC.CC.CC.CC(C)OCc1ccccc1.CC(C)c1ccccc1.CC(c1ccccc1)C(C)(c1ccccc1)c1ccccc1.CC(c1ccccc1)C(C)c1ccccc1.Cc1cc(C)c(C)c(-c2cc(C)cc(C)c2C)c1.c1ccc(-c2ccccc2)cc1.c1ccc2c(c1)oc1ccccc12.c1ccc2ccccc2c1.c1ccccc1. The van der Waals surface area contributed by atoms with Crippen LogP contribution in [0.3, 0.4) is 0 Å². The van der Waals surface area contributed by atoms with Crippen molar-refractivity contribution in [3.05, 3.63) is 503 Å². The Bertz CT molecular complexity index is 5230. The zero-order valence-electron chi connectivity index (χ0n) is 91.4. The minimum absolute atomic E-state index is 0.0517. The van der Waals surface area contributed by atoms with Crippen molar-refractivity contribution < 1.29 is 9.15 Å². The first kappa shape index (κ1) is 127. The van der Waals surface area contributed by atoms with Gasteiger partial charge in [-0.15, -0.1) is 0 Å². The van der Waals surface area contributed by atoms with Gasteiger partial charge in [0, 0.05) is 16.2 Å². The first-order valence-corrected chi connectivity index (χ1v) is 51.4. The van der Waals surface area contributed by atoms with Crippen molar-refractivity contribution in [3.8, 4) is 22.3 Å². The Labute approximate surface area is 838 Å². The summed E-state index contributed by atoms with van der Waals surface area (Å²) in [5, 5.41) is 5.01. The van der Waals surface area contributed by atoms with Gasteiger partial charge < -0.3 is 9.15 Å². The van der Waals surface area contributed by atoms with Gasteiger partial charge in [0.25, 0.3) is 0 Å². The van der Waals surface area contributed by atoms with Crippen molar-refractivity contribution in [2.24, 2.45) is 0 Å². The Morgan fingerprint density at radius 2 is 0.482 bits per heavy atom. The first-order chi connectivity index (χ1) is 66.9. The molecule has 0 bridgehead atoms. The Balaban J connectivity index is 0. The third-order valence-electron chi connectivity index (χ3n) is 21.6. The lowest BCUT2D eigenvalue weighted by Crippen LogP contribution is -2.30. The molecule has 16 aromatic carbocycles. The zero-order valence-corrected chi connectivity index (χ0v) is 91.4. The van der Waals surface area contributed by atoms with Crippen LogP contribution in [0.1, 0.15) is 290 Å². The van der Waals surface area contributed by atoms with Gasteiger partial charge >= 0.3 is 0 Å². The lowest BCUT2D eigenvalue weighted by Gasteiger charge is -2.37. The van der Waals surface area contributed by atoms with Crippen LogP contribution >= 0.6 is 0 Å². The molecule has 0 aliphatic rings. The third kappa shape index (κ3) is 47.2. The molecule has 0 aliphatic carbocycles. The topological polar surface area (TPSA) is 22.4 Å². The van der Waals surface area contributed by atoms with E-state index < -0.39 is 0 Å². The normalized spacial score (nSPS) is 10.1. The molecule has 0 saturated heterocycles. The van der Waals surface area contributed by atoms with Crippen LogP contribution in [-0.2, 0) is 16.8 Å². The Morgan fingerprint density at radius 1 is 0.248 bits per heavy atom. The number of hydrogen-bond donors (Lipinski definition) is 0. The molecule has 0 N–H and O–H groups in total. The predicted molar refractivity (Wildman–Crippen MR) is 621 cm³/mol. The van der Waals surface area contributed by atoms with Crippen LogP contribution in [0.25, 0.3) is 55.0 Å². The summed E-state index contributed by atoms with van der Waals surface area (Å²) in [5.74, 6) is 2.16. The maximum Gasteiger partial charge on any atom is 0.135 e. The monoisotopic (exact) mass is 1830 g/mol. The smallest absolute Gasteiger partial charge is 0.135 e. The second kappa shape index (κ2) is 80.8. The van der Waals surface area contributed by atoms with E-state index >= 15 is 0 Å². The van der Waals surface area contributed by atoms with Crippen molar-refractivity contribution in [1.29, 1.82) is 0 Å². The van der Waals surface area contributed by atoms with E-state index in [1.165, 1.54) is 116 Å². The number of furan rings is 1. The van der Waals surface area contributed by atoms with Gasteiger partial charge in [-0.1, -0.05) is 610 Å². The van der Waals surface area contributed by atoms with Crippen LogP contribution in [0, 0.1) is 41.5 Å². The molecule has 3 unspecified atom stereocenters. The predicted octanol–water partition coefficient (Wildman–Crippen LogP) is 42.7. The number of aryl methyl sites for hydroxylation is 4. The Kier molecular flexibility index (Phi) is 74.6. The molecule has 17 aromatic rings. The summed E-state index contributed by atoms with van der Waals surface area (Å²) < 4.78 is 11.1. The summed E-state index contributed by atoms with van der Waals surface area (Å²) in [6, 6.07) is 149. The number of benzene rings is 16. The zero-order chi connectivity index (χ0) is 103. The fourth-order valence-corrected chi connectivity index (χ4v) is 14.2. The van der Waals surface area contributed by atoms with Crippen LogP contribution in [0.5, 0.6) is 0 Å². The highest BCUT2D eigenvalue weighted by Gasteiger charge is 2.35. The van der Waals surface area contributed by atoms with Crippen molar-refractivity contribution >= 4 is 32.7 Å². The number of rotatable bonds is 13. The van der Waals surface area contributed by atoms with E-state index in [1.807, 2.05) is 262 Å². The average molecular weight is 1830 g/mol. The summed E-state index contributed by atoms with van der Waals surface area (Å²) in [4.78, 5) is 0. The summed E-state index contributed by atoms with van der Waals surface area (Å²) in [6.45, 7) is 71.7. The minimum atomic E-state index is -0.0517. The van der Waals surface area contributed by atoms with Gasteiger partial charge in [0.1, 0.15) is 11.2 Å². The lowest BCUT2D eigenvalue weighted by molar-refractivity contribution is 0.0657. The highest BCUT2D eigenvalue weighted by atomic mass is 16.5. The molecule has 0 fully saturated rings. The van der Waals surface area contributed by atoms with Crippen molar-refractivity contribution in [2.75, 3.05) is 0 Å². The lowest BCUT2D eigenvalue weighted by atomic mass is 9.66. The molecule has 2 nitrogen and oxygen atoms in total. The second-order valence-corrected chi connectivity index (χ2v) is 30.7. The molecule has 1 aromatic heterocycles. The molecule has 1 heterocycles. The number of ether oxygens (including phenoxy) is 1. The Morgan fingerprint density at radius 3 is 0.759 bits per heavy atom. The van der Waals surface area contributed by atoms with E-state index in [-0.39, 0.29) is 5.41 Å². The average Bonchev–Trinajstić information content (AvgIpc) is 1.74. The van der Waals surface area contributed by atoms with Gasteiger partial charge in [0.15, 0.2) is 0 Å². The van der Waals surface area contributed by atoms with Gasteiger partial charge in [-0.3, -0.25) is 0 Å². The molecule has 0 spiro atoms. The molecule has 732 valence electrons.